The van der Waals surface area contributed by atoms with Crippen LogP contribution in [0.2, 0.25) is 0 Å². The highest BCUT2D eigenvalue weighted by Crippen LogP contribution is 2.27. The molecule has 4 rings (SSSR count). The Hall–Kier alpha value is -2.52. The second-order valence-electron chi connectivity index (χ2n) is 7.56. The summed E-state index contributed by atoms with van der Waals surface area (Å²) in [7, 11) is -3.15. The highest BCUT2D eigenvalue weighted by molar-refractivity contribution is 7.88. The van der Waals surface area contributed by atoms with E-state index in [1.807, 2.05) is 38.2 Å². The topological polar surface area (TPSA) is 88.0 Å². The normalized spacial score (nSPS) is 17.4. The predicted octanol–water partition coefficient (Wildman–Crippen LogP) is 1.70. The Bertz CT molecular complexity index is 1040. The monoisotopic (exact) mass is 415 g/mol. The lowest BCUT2D eigenvalue weighted by molar-refractivity contribution is 0.232. The molecule has 0 atom stereocenters. The number of nitrogens with zero attached hydrogens (tertiary/aromatic N) is 5. The molecule has 0 spiro atoms. The first-order valence-electron chi connectivity index (χ1n) is 9.68. The third kappa shape index (κ3) is 4.25. The van der Waals surface area contributed by atoms with Crippen LogP contribution in [0.25, 0.3) is 0 Å². The summed E-state index contributed by atoms with van der Waals surface area (Å²) < 4.78 is 30.7. The molecule has 0 unspecified atom stereocenters. The number of aromatic nitrogens is 2. The molecule has 0 aliphatic carbocycles. The van der Waals surface area contributed by atoms with Gasteiger partial charge in [0, 0.05) is 61.3 Å². The molecule has 2 aromatic heterocycles. The van der Waals surface area contributed by atoms with Crippen LogP contribution in [0.1, 0.15) is 30.5 Å². The standard InChI is InChI=1S/C20H25N5O3S/c1-14(2)28-19-11-17-16(12-22-19)13-23-20(17)15-4-5-21-18(10-15)24-6-8-25(9-7-24)29(3,26)27/h4-5,10-12,14H,6-9,13H2,1-3H3. The van der Waals surface area contributed by atoms with E-state index < -0.39 is 10.0 Å². The van der Waals surface area contributed by atoms with Gasteiger partial charge in [0.2, 0.25) is 15.9 Å². The zero-order chi connectivity index (χ0) is 20.6. The number of rotatable bonds is 5. The summed E-state index contributed by atoms with van der Waals surface area (Å²) in [5.41, 5.74) is 4.02. The smallest absolute Gasteiger partial charge is 0.214 e. The van der Waals surface area contributed by atoms with Crippen molar-refractivity contribution >= 4 is 21.6 Å². The van der Waals surface area contributed by atoms with Gasteiger partial charge < -0.3 is 9.64 Å². The number of pyridine rings is 2. The van der Waals surface area contributed by atoms with Crippen molar-refractivity contribution in [2.75, 3.05) is 37.3 Å². The maximum atomic E-state index is 11.7. The van der Waals surface area contributed by atoms with Gasteiger partial charge in [0.25, 0.3) is 0 Å². The lowest BCUT2D eigenvalue weighted by Crippen LogP contribution is -2.48. The minimum atomic E-state index is -3.15. The van der Waals surface area contributed by atoms with E-state index in [0.717, 1.165) is 28.2 Å². The fourth-order valence-corrected chi connectivity index (χ4v) is 4.43. The van der Waals surface area contributed by atoms with Gasteiger partial charge in [0.1, 0.15) is 5.82 Å². The van der Waals surface area contributed by atoms with Gasteiger partial charge in [0.15, 0.2) is 0 Å². The van der Waals surface area contributed by atoms with Crippen LogP contribution in [0, 0.1) is 0 Å². The van der Waals surface area contributed by atoms with Crippen LogP contribution >= 0.6 is 0 Å². The van der Waals surface area contributed by atoms with Crippen molar-refractivity contribution < 1.29 is 13.2 Å². The first-order valence-corrected chi connectivity index (χ1v) is 11.5. The second-order valence-corrected chi connectivity index (χ2v) is 9.55. The molecule has 154 valence electrons. The van der Waals surface area contributed by atoms with E-state index in [0.29, 0.717) is 38.6 Å². The van der Waals surface area contributed by atoms with E-state index in [-0.39, 0.29) is 6.10 Å². The van der Waals surface area contributed by atoms with E-state index >= 15 is 0 Å². The number of ether oxygens (including phenoxy) is 1. The number of fused-ring (bicyclic) bond motifs is 1. The summed E-state index contributed by atoms with van der Waals surface area (Å²) in [6, 6.07) is 5.92. The van der Waals surface area contributed by atoms with E-state index in [1.54, 1.807) is 6.20 Å². The van der Waals surface area contributed by atoms with Crippen molar-refractivity contribution in [3.05, 3.63) is 47.3 Å². The van der Waals surface area contributed by atoms with Crippen molar-refractivity contribution in [1.82, 2.24) is 14.3 Å². The Morgan fingerprint density at radius 2 is 1.86 bits per heavy atom. The van der Waals surface area contributed by atoms with E-state index in [2.05, 4.69) is 14.9 Å². The van der Waals surface area contributed by atoms with Crippen LogP contribution in [0.15, 0.2) is 35.6 Å². The number of hydrogen-bond acceptors (Lipinski definition) is 7. The molecule has 29 heavy (non-hydrogen) atoms. The van der Waals surface area contributed by atoms with E-state index in [9.17, 15) is 8.42 Å². The molecular weight excluding hydrogens is 390 g/mol. The average Bonchev–Trinajstić information content (AvgIpc) is 3.10. The molecule has 9 heteroatoms. The van der Waals surface area contributed by atoms with Crippen molar-refractivity contribution in [1.29, 1.82) is 0 Å². The zero-order valence-corrected chi connectivity index (χ0v) is 17.7. The highest BCUT2D eigenvalue weighted by Gasteiger charge is 2.25. The van der Waals surface area contributed by atoms with Crippen molar-refractivity contribution in [3.63, 3.8) is 0 Å². The van der Waals surface area contributed by atoms with Crippen LogP contribution in [-0.4, -0.2) is 66.9 Å². The fraction of sp³-hybridized carbons (Fsp3) is 0.450. The first kappa shape index (κ1) is 19.8. The SMILES string of the molecule is CC(C)Oc1cc2c(cn1)CN=C2c1ccnc(N2CCN(S(C)(=O)=O)CC2)c1. The van der Waals surface area contributed by atoms with Crippen LogP contribution in [0.4, 0.5) is 5.82 Å². The van der Waals surface area contributed by atoms with E-state index in [4.69, 9.17) is 9.73 Å². The molecule has 8 nitrogen and oxygen atoms in total. The Balaban J connectivity index is 1.55. The van der Waals surface area contributed by atoms with Crippen LogP contribution < -0.4 is 9.64 Å². The molecule has 2 aliphatic rings. The summed E-state index contributed by atoms with van der Waals surface area (Å²) in [6.45, 7) is 6.72. The maximum Gasteiger partial charge on any atom is 0.214 e. The van der Waals surface area contributed by atoms with Gasteiger partial charge in [-0.25, -0.2) is 18.4 Å². The summed E-state index contributed by atoms with van der Waals surface area (Å²) in [5.74, 6) is 1.43. The van der Waals surface area contributed by atoms with Gasteiger partial charge in [-0.2, -0.15) is 4.31 Å². The van der Waals surface area contributed by atoms with Gasteiger partial charge in [-0.05, 0) is 26.0 Å². The molecule has 1 saturated heterocycles. The minimum Gasteiger partial charge on any atom is -0.475 e. The quantitative estimate of drug-likeness (QED) is 0.739. The number of hydrogen-bond donors (Lipinski definition) is 0. The number of aliphatic imine (C=N–C) groups is 1. The lowest BCUT2D eigenvalue weighted by atomic mass is 10.0. The molecule has 1 fully saturated rings. The van der Waals surface area contributed by atoms with Crippen LogP contribution in [0.3, 0.4) is 0 Å². The zero-order valence-electron chi connectivity index (χ0n) is 16.9. The Kier molecular flexibility index (Phi) is 5.26. The lowest BCUT2D eigenvalue weighted by Gasteiger charge is -2.34. The molecule has 0 bridgehead atoms. The molecule has 2 aliphatic heterocycles. The van der Waals surface area contributed by atoms with Gasteiger partial charge in [-0.3, -0.25) is 4.99 Å². The summed E-state index contributed by atoms with van der Waals surface area (Å²) in [5, 5.41) is 0. The molecule has 0 amide bonds. The highest BCUT2D eigenvalue weighted by atomic mass is 32.2. The summed E-state index contributed by atoms with van der Waals surface area (Å²) in [6.07, 6.45) is 4.92. The molecule has 0 aromatic carbocycles. The Morgan fingerprint density at radius 3 is 2.55 bits per heavy atom. The molecular formula is C20H25N5O3S. The van der Waals surface area contributed by atoms with Gasteiger partial charge >= 0.3 is 0 Å². The Labute approximate surface area is 171 Å². The third-order valence-corrected chi connectivity index (χ3v) is 6.33. The van der Waals surface area contributed by atoms with Gasteiger partial charge in [-0.15, -0.1) is 0 Å². The number of anilines is 1. The van der Waals surface area contributed by atoms with Crippen LogP contribution in [0.5, 0.6) is 5.88 Å². The number of piperazine rings is 1. The molecule has 4 heterocycles. The molecule has 0 N–H and O–H groups in total. The van der Waals surface area contributed by atoms with Crippen LogP contribution in [-0.2, 0) is 16.6 Å². The fourth-order valence-electron chi connectivity index (χ4n) is 3.60. The molecule has 0 radical (unpaired) electrons. The summed E-state index contributed by atoms with van der Waals surface area (Å²) >= 11 is 0. The van der Waals surface area contributed by atoms with Gasteiger partial charge in [0.05, 0.1) is 24.6 Å². The van der Waals surface area contributed by atoms with Crippen molar-refractivity contribution in [3.8, 4) is 5.88 Å². The average molecular weight is 416 g/mol. The van der Waals surface area contributed by atoms with Crippen molar-refractivity contribution in [2.24, 2.45) is 4.99 Å². The van der Waals surface area contributed by atoms with Gasteiger partial charge in [-0.1, -0.05) is 0 Å². The maximum absolute atomic E-state index is 11.7. The third-order valence-electron chi connectivity index (χ3n) is 5.03. The first-order chi connectivity index (χ1) is 13.8. The predicted molar refractivity (Wildman–Crippen MR) is 112 cm³/mol. The largest absolute Gasteiger partial charge is 0.475 e. The molecule has 0 saturated carbocycles. The Morgan fingerprint density at radius 1 is 1.10 bits per heavy atom. The molecule has 2 aromatic rings. The minimum absolute atomic E-state index is 0.0560. The number of sulfonamides is 1. The van der Waals surface area contributed by atoms with Crippen molar-refractivity contribution in [2.45, 2.75) is 26.5 Å². The second kappa shape index (κ2) is 7.72. The van der Waals surface area contributed by atoms with E-state index in [1.165, 1.54) is 10.6 Å². The summed E-state index contributed by atoms with van der Waals surface area (Å²) in [4.78, 5) is 15.7.